The molecule has 0 unspecified atom stereocenters. The van der Waals surface area contributed by atoms with Crippen LogP contribution in [-0.2, 0) is 10.0 Å². The first-order valence-corrected chi connectivity index (χ1v) is 6.22. The molecule has 0 saturated carbocycles. The predicted molar refractivity (Wildman–Crippen MR) is 60.3 cm³/mol. The van der Waals surface area contributed by atoms with Crippen LogP contribution in [0.25, 0.3) is 10.4 Å². The van der Waals surface area contributed by atoms with E-state index >= 15 is 0 Å². The zero-order valence-corrected chi connectivity index (χ0v) is 9.91. The Balaban J connectivity index is 2.89. The molecule has 1 aromatic carbocycles. The van der Waals surface area contributed by atoms with E-state index in [0.717, 1.165) is 6.07 Å². The second-order valence-electron chi connectivity index (χ2n) is 3.26. The second-order valence-corrected chi connectivity index (χ2v) is 5.00. The van der Waals surface area contributed by atoms with E-state index in [1.54, 1.807) is 6.92 Å². The van der Waals surface area contributed by atoms with E-state index in [1.165, 1.54) is 12.1 Å². The van der Waals surface area contributed by atoms with Gasteiger partial charge in [-0.1, -0.05) is 11.2 Å². The zero-order valence-electron chi connectivity index (χ0n) is 9.09. The first kappa shape index (κ1) is 13.4. The highest BCUT2D eigenvalue weighted by atomic mass is 32.2. The summed E-state index contributed by atoms with van der Waals surface area (Å²) in [5, 5.41) is 3.19. The van der Waals surface area contributed by atoms with Crippen molar-refractivity contribution in [3.8, 4) is 0 Å². The van der Waals surface area contributed by atoms with Gasteiger partial charge in [-0.3, -0.25) is 0 Å². The van der Waals surface area contributed by atoms with Crippen LogP contribution in [0.3, 0.4) is 0 Å². The van der Waals surface area contributed by atoms with E-state index in [9.17, 15) is 12.8 Å². The Morgan fingerprint density at radius 3 is 2.88 bits per heavy atom. The third kappa shape index (κ3) is 3.70. The van der Waals surface area contributed by atoms with Crippen LogP contribution in [0.2, 0.25) is 0 Å². The smallest absolute Gasteiger partial charge is 0.211 e. The van der Waals surface area contributed by atoms with Crippen LogP contribution in [-0.4, -0.2) is 21.5 Å². The fourth-order valence-electron chi connectivity index (χ4n) is 1.22. The number of benzene rings is 1. The third-order valence-corrected chi connectivity index (χ3v) is 3.61. The number of nitrogens with zero attached hydrogens (tertiary/aromatic N) is 3. The summed E-state index contributed by atoms with van der Waals surface area (Å²) >= 11 is 0. The molecule has 0 heterocycles. The summed E-state index contributed by atoms with van der Waals surface area (Å²) in [7, 11) is -3.77. The van der Waals surface area contributed by atoms with Crippen molar-refractivity contribution in [1.82, 2.24) is 4.72 Å². The maximum atomic E-state index is 13.0. The fraction of sp³-hybridized carbons (Fsp3) is 0.333. The molecule has 6 nitrogen and oxygen atoms in total. The summed E-state index contributed by atoms with van der Waals surface area (Å²) in [6.45, 7) is 1.55. The van der Waals surface area contributed by atoms with Gasteiger partial charge in [-0.15, -0.1) is 0 Å². The molecular weight excluding hydrogens is 247 g/mol. The lowest BCUT2D eigenvalue weighted by Gasteiger charge is -2.08. The molecular formula is C9H11FN4O2S. The van der Waals surface area contributed by atoms with Crippen LogP contribution in [0.4, 0.5) is 4.39 Å². The first-order valence-electron chi connectivity index (χ1n) is 4.74. The van der Waals surface area contributed by atoms with Crippen LogP contribution in [0.5, 0.6) is 0 Å². The van der Waals surface area contributed by atoms with Gasteiger partial charge in [0.1, 0.15) is 5.82 Å². The normalized spacial score (nSPS) is 10.9. The van der Waals surface area contributed by atoms with Crippen LogP contribution in [0.1, 0.15) is 5.56 Å². The van der Waals surface area contributed by atoms with Crippen molar-refractivity contribution < 1.29 is 12.8 Å². The molecule has 1 aromatic rings. The topological polar surface area (TPSA) is 94.9 Å². The molecule has 1 rings (SSSR count). The van der Waals surface area contributed by atoms with E-state index in [2.05, 4.69) is 14.7 Å². The number of hydrogen-bond donors (Lipinski definition) is 1. The predicted octanol–water partition coefficient (Wildman–Crippen LogP) is 1.72. The maximum Gasteiger partial charge on any atom is 0.240 e. The lowest BCUT2D eigenvalue weighted by molar-refractivity contribution is 0.577. The number of nitrogens with one attached hydrogen (secondary N) is 1. The monoisotopic (exact) mass is 258 g/mol. The van der Waals surface area contributed by atoms with Gasteiger partial charge < -0.3 is 0 Å². The average molecular weight is 258 g/mol. The SMILES string of the molecule is Cc1ccc(F)cc1S(=O)(=O)NCCN=[N+]=[N-]. The first-order chi connectivity index (χ1) is 7.97. The van der Waals surface area contributed by atoms with Gasteiger partial charge >= 0.3 is 0 Å². The molecule has 0 aliphatic heterocycles. The Morgan fingerprint density at radius 1 is 1.53 bits per heavy atom. The van der Waals surface area contributed by atoms with E-state index < -0.39 is 15.8 Å². The number of azide groups is 1. The summed E-state index contributed by atoms with van der Waals surface area (Å²) in [5.74, 6) is -0.619. The van der Waals surface area contributed by atoms with Crippen LogP contribution in [0.15, 0.2) is 28.2 Å². The Morgan fingerprint density at radius 2 is 2.24 bits per heavy atom. The lowest BCUT2D eigenvalue weighted by atomic mass is 10.2. The molecule has 92 valence electrons. The van der Waals surface area contributed by atoms with E-state index in [1.807, 2.05) is 0 Å². The Hall–Kier alpha value is -1.63. The van der Waals surface area contributed by atoms with Gasteiger partial charge in [0.25, 0.3) is 0 Å². The summed E-state index contributed by atoms with van der Waals surface area (Å²) in [6, 6.07) is 3.52. The minimum absolute atomic E-state index is 0.00406. The fourth-order valence-corrected chi connectivity index (χ4v) is 2.49. The molecule has 0 saturated heterocycles. The minimum Gasteiger partial charge on any atom is -0.211 e. The number of aryl methyl sites for hydroxylation is 1. The Kier molecular flexibility index (Phi) is 4.45. The molecule has 8 heteroatoms. The van der Waals surface area contributed by atoms with Gasteiger partial charge in [0.15, 0.2) is 0 Å². The van der Waals surface area contributed by atoms with Crippen molar-refractivity contribution in [2.45, 2.75) is 11.8 Å². The van der Waals surface area contributed by atoms with Crippen molar-refractivity contribution in [1.29, 1.82) is 0 Å². The number of rotatable bonds is 5. The molecule has 0 radical (unpaired) electrons. The molecule has 1 N–H and O–H groups in total. The highest BCUT2D eigenvalue weighted by Gasteiger charge is 2.16. The van der Waals surface area contributed by atoms with Crippen LogP contribution in [0, 0.1) is 12.7 Å². The molecule has 0 aromatic heterocycles. The minimum atomic E-state index is -3.77. The Labute approximate surface area is 98.1 Å². The molecule has 0 aliphatic carbocycles. The number of hydrogen-bond acceptors (Lipinski definition) is 3. The quantitative estimate of drug-likeness (QED) is 0.376. The molecule has 0 fully saturated rings. The Bertz CT molecular complexity index is 552. The molecule has 0 bridgehead atoms. The summed E-state index contributed by atoms with van der Waals surface area (Å²) in [6.07, 6.45) is 0. The van der Waals surface area contributed by atoms with Crippen molar-refractivity contribution in [3.63, 3.8) is 0 Å². The highest BCUT2D eigenvalue weighted by Crippen LogP contribution is 2.15. The van der Waals surface area contributed by atoms with Crippen LogP contribution < -0.4 is 4.72 Å². The standard InChI is InChI=1S/C9H11FN4O2S/c1-7-2-3-8(10)6-9(7)17(15,16)13-5-4-12-14-11/h2-3,6,13H,4-5H2,1H3. The molecule has 0 atom stereocenters. The maximum absolute atomic E-state index is 13.0. The molecule has 0 spiro atoms. The number of halogens is 1. The number of sulfonamides is 1. The molecule has 0 amide bonds. The zero-order chi connectivity index (χ0) is 12.9. The van der Waals surface area contributed by atoms with Gasteiger partial charge in [0.05, 0.1) is 4.90 Å². The molecule has 17 heavy (non-hydrogen) atoms. The van der Waals surface area contributed by atoms with Gasteiger partial charge in [-0.25, -0.2) is 17.5 Å². The molecule has 0 aliphatic rings. The van der Waals surface area contributed by atoms with E-state index in [0.29, 0.717) is 5.56 Å². The van der Waals surface area contributed by atoms with Crippen molar-refractivity contribution in [2.24, 2.45) is 5.11 Å². The lowest BCUT2D eigenvalue weighted by Crippen LogP contribution is -2.26. The van der Waals surface area contributed by atoms with E-state index in [-0.39, 0.29) is 18.0 Å². The highest BCUT2D eigenvalue weighted by molar-refractivity contribution is 7.89. The van der Waals surface area contributed by atoms with Gasteiger partial charge in [0, 0.05) is 18.0 Å². The van der Waals surface area contributed by atoms with Crippen LogP contribution >= 0.6 is 0 Å². The summed E-state index contributed by atoms with van der Waals surface area (Å²) in [5.41, 5.74) is 8.47. The summed E-state index contributed by atoms with van der Waals surface area (Å²) < 4.78 is 38.7. The van der Waals surface area contributed by atoms with Gasteiger partial charge in [-0.2, -0.15) is 0 Å². The summed E-state index contributed by atoms with van der Waals surface area (Å²) in [4.78, 5) is 2.38. The largest absolute Gasteiger partial charge is 0.240 e. The second kappa shape index (κ2) is 5.62. The van der Waals surface area contributed by atoms with Gasteiger partial charge in [-0.05, 0) is 30.2 Å². The van der Waals surface area contributed by atoms with E-state index in [4.69, 9.17) is 5.53 Å². The van der Waals surface area contributed by atoms with Crippen molar-refractivity contribution in [2.75, 3.05) is 13.1 Å². The van der Waals surface area contributed by atoms with Crippen molar-refractivity contribution >= 4 is 10.0 Å². The average Bonchev–Trinajstić information content (AvgIpc) is 2.28. The van der Waals surface area contributed by atoms with Gasteiger partial charge in [0.2, 0.25) is 10.0 Å². The van der Waals surface area contributed by atoms with Crippen molar-refractivity contribution in [3.05, 3.63) is 40.0 Å². The third-order valence-electron chi connectivity index (χ3n) is 2.01.